The van der Waals surface area contributed by atoms with Crippen LogP contribution in [0.1, 0.15) is 18.4 Å². The first kappa shape index (κ1) is 11.4. The Balaban J connectivity index is 1.82. The summed E-state index contributed by atoms with van der Waals surface area (Å²) in [6.07, 6.45) is 2.02. The Labute approximate surface area is 100 Å². The Hall–Kier alpha value is -1.06. The van der Waals surface area contributed by atoms with Crippen molar-refractivity contribution in [3.05, 3.63) is 34.9 Å². The molecule has 2 N–H and O–H groups in total. The molecule has 86 valence electrons. The zero-order valence-corrected chi connectivity index (χ0v) is 9.76. The number of benzene rings is 1. The molecule has 1 aromatic rings. The van der Waals surface area contributed by atoms with Crippen LogP contribution < -0.4 is 10.6 Å². The minimum absolute atomic E-state index is 0.00713. The van der Waals surface area contributed by atoms with Crippen LogP contribution in [-0.4, -0.2) is 18.5 Å². The fourth-order valence-electron chi connectivity index (χ4n) is 1.82. The topological polar surface area (TPSA) is 41.1 Å². The van der Waals surface area contributed by atoms with E-state index in [1.54, 1.807) is 0 Å². The van der Waals surface area contributed by atoms with Crippen molar-refractivity contribution in [2.45, 2.75) is 25.4 Å². The first-order valence-corrected chi connectivity index (χ1v) is 5.89. The summed E-state index contributed by atoms with van der Waals surface area (Å²) in [5, 5.41) is 6.80. The lowest BCUT2D eigenvalue weighted by Crippen LogP contribution is -2.39. The minimum Gasteiger partial charge on any atom is -0.351 e. The van der Waals surface area contributed by atoms with Gasteiger partial charge in [0.2, 0.25) is 5.91 Å². The lowest BCUT2D eigenvalue weighted by atomic mass is 10.2. The predicted molar refractivity (Wildman–Crippen MR) is 64.3 cm³/mol. The molecule has 1 aliphatic heterocycles. The van der Waals surface area contributed by atoms with Crippen molar-refractivity contribution in [1.29, 1.82) is 0 Å². The van der Waals surface area contributed by atoms with Crippen molar-refractivity contribution in [3.63, 3.8) is 0 Å². The molecule has 0 saturated carbocycles. The zero-order valence-electron chi connectivity index (χ0n) is 9.00. The van der Waals surface area contributed by atoms with E-state index < -0.39 is 0 Å². The summed E-state index contributed by atoms with van der Waals surface area (Å²) >= 11 is 5.78. The van der Waals surface area contributed by atoms with Crippen molar-refractivity contribution >= 4 is 17.5 Å². The van der Waals surface area contributed by atoms with Crippen LogP contribution in [0.2, 0.25) is 5.02 Å². The lowest BCUT2D eigenvalue weighted by molar-refractivity contribution is -0.122. The number of halogens is 1. The Bertz CT molecular complexity index is 358. The molecule has 1 heterocycles. The molecule has 2 rings (SSSR count). The second-order valence-corrected chi connectivity index (χ2v) is 4.43. The first-order valence-electron chi connectivity index (χ1n) is 5.51. The quantitative estimate of drug-likeness (QED) is 0.842. The smallest absolute Gasteiger partial charge is 0.237 e. The third-order valence-electron chi connectivity index (χ3n) is 2.76. The van der Waals surface area contributed by atoms with Crippen molar-refractivity contribution in [2.75, 3.05) is 6.54 Å². The molecular formula is C12H15ClN2O. The van der Waals surface area contributed by atoms with Gasteiger partial charge in [-0.05, 0) is 37.1 Å². The summed E-state index contributed by atoms with van der Waals surface area (Å²) in [4.78, 5) is 11.7. The summed E-state index contributed by atoms with van der Waals surface area (Å²) in [7, 11) is 0. The summed E-state index contributed by atoms with van der Waals surface area (Å²) in [5.41, 5.74) is 1.07. The van der Waals surface area contributed by atoms with Crippen LogP contribution in [0, 0.1) is 0 Å². The predicted octanol–water partition coefficient (Wildman–Crippen LogP) is 1.71. The number of rotatable bonds is 3. The van der Waals surface area contributed by atoms with Gasteiger partial charge in [0.05, 0.1) is 6.04 Å². The van der Waals surface area contributed by atoms with E-state index in [0.29, 0.717) is 11.6 Å². The van der Waals surface area contributed by atoms with Crippen LogP contribution in [0.3, 0.4) is 0 Å². The Morgan fingerprint density at radius 1 is 1.44 bits per heavy atom. The van der Waals surface area contributed by atoms with Gasteiger partial charge in [0.1, 0.15) is 0 Å². The number of hydrogen-bond acceptors (Lipinski definition) is 2. The molecule has 0 aliphatic carbocycles. The second-order valence-electron chi connectivity index (χ2n) is 3.99. The van der Waals surface area contributed by atoms with Gasteiger partial charge < -0.3 is 10.6 Å². The van der Waals surface area contributed by atoms with E-state index in [1.807, 2.05) is 24.3 Å². The van der Waals surface area contributed by atoms with E-state index in [1.165, 1.54) is 0 Å². The summed E-state index contributed by atoms with van der Waals surface area (Å²) in [6.45, 7) is 1.51. The van der Waals surface area contributed by atoms with Crippen LogP contribution in [-0.2, 0) is 11.3 Å². The van der Waals surface area contributed by atoms with Crippen LogP contribution in [0.15, 0.2) is 24.3 Å². The molecule has 0 radical (unpaired) electrons. The van der Waals surface area contributed by atoms with Crippen molar-refractivity contribution < 1.29 is 4.79 Å². The summed E-state index contributed by atoms with van der Waals surface area (Å²) in [5.74, 6) is 0.0902. The van der Waals surface area contributed by atoms with E-state index >= 15 is 0 Å². The minimum atomic E-state index is -0.00713. The largest absolute Gasteiger partial charge is 0.351 e. The van der Waals surface area contributed by atoms with E-state index in [9.17, 15) is 4.79 Å². The molecule has 1 fully saturated rings. The van der Waals surface area contributed by atoms with Crippen LogP contribution >= 0.6 is 11.6 Å². The average Bonchev–Trinajstić information content (AvgIpc) is 2.81. The molecule has 1 amide bonds. The fourth-order valence-corrected chi connectivity index (χ4v) is 1.95. The normalized spacial score (nSPS) is 19.7. The SMILES string of the molecule is O=C(NCc1ccc(Cl)cc1)C1CCCN1. The molecule has 0 bridgehead atoms. The highest BCUT2D eigenvalue weighted by Gasteiger charge is 2.21. The van der Waals surface area contributed by atoms with Crippen LogP contribution in [0.25, 0.3) is 0 Å². The van der Waals surface area contributed by atoms with Gasteiger partial charge in [0.15, 0.2) is 0 Å². The monoisotopic (exact) mass is 238 g/mol. The number of carbonyl (C=O) groups is 1. The van der Waals surface area contributed by atoms with Gasteiger partial charge in [-0.25, -0.2) is 0 Å². The van der Waals surface area contributed by atoms with E-state index in [0.717, 1.165) is 24.9 Å². The Morgan fingerprint density at radius 3 is 2.81 bits per heavy atom. The van der Waals surface area contributed by atoms with E-state index in [2.05, 4.69) is 10.6 Å². The average molecular weight is 239 g/mol. The number of carbonyl (C=O) groups excluding carboxylic acids is 1. The number of amides is 1. The number of nitrogens with one attached hydrogen (secondary N) is 2. The van der Waals surface area contributed by atoms with Crippen LogP contribution in [0.4, 0.5) is 0 Å². The molecule has 0 aromatic heterocycles. The standard InChI is InChI=1S/C12H15ClN2O/c13-10-5-3-9(4-6-10)8-15-12(16)11-2-1-7-14-11/h3-6,11,14H,1-2,7-8H2,(H,15,16). The van der Waals surface area contributed by atoms with Gasteiger partial charge in [0, 0.05) is 11.6 Å². The van der Waals surface area contributed by atoms with Gasteiger partial charge in [-0.1, -0.05) is 23.7 Å². The zero-order chi connectivity index (χ0) is 11.4. The fraction of sp³-hybridized carbons (Fsp3) is 0.417. The molecule has 1 aliphatic rings. The summed E-state index contributed by atoms with van der Waals surface area (Å²) < 4.78 is 0. The Kier molecular flexibility index (Phi) is 3.80. The van der Waals surface area contributed by atoms with E-state index in [-0.39, 0.29) is 11.9 Å². The lowest BCUT2D eigenvalue weighted by Gasteiger charge is -2.10. The van der Waals surface area contributed by atoms with Gasteiger partial charge >= 0.3 is 0 Å². The maximum Gasteiger partial charge on any atom is 0.237 e. The molecule has 4 heteroatoms. The maximum atomic E-state index is 11.7. The van der Waals surface area contributed by atoms with E-state index in [4.69, 9.17) is 11.6 Å². The molecule has 0 spiro atoms. The third kappa shape index (κ3) is 2.97. The highest BCUT2D eigenvalue weighted by molar-refractivity contribution is 6.30. The molecule has 1 saturated heterocycles. The van der Waals surface area contributed by atoms with Crippen molar-refractivity contribution in [1.82, 2.24) is 10.6 Å². The van der Waals surface area contributed by atoms with Gasteiger partial charge in [0.25, 0.3) is 0 Å². The molecule has 1 aromatic carbocycles. The molecule has 16 heavy (non-hydrogen) atoms. The van der Waals surface area contributed by atoms with Gasteiger partial charge in [-0.3, -0.25) is 4.79 Å². The number of hydrogen-bond donors (Lipinski definition) is 2. The van der Waals surface area contributed by atoms with Crippen LogP contribution in [0.5, 0.6) is 0 Å². The second kappa shape index (κ2) is 5.32. The first-order chi connectivity index (χ1) is 7.75. The van der Waals surface area contributed by atoms with Crippen molar-refractivity contribution in [3.8, 4) is 0 Å². The van der Waals surface area contributed by atoms with Crippen molar-refractivity contribution in [2.24, 2.45) is 0 Å². The highest BCUT2D eigenvalue weighted by atomic mass is 35.5. The molecule has 1 atom stereocenters. The molecule has 3 nitrogen and oxygen atoms in total. The molecular weight excluding hydrogens is 224 g/mol. The Morgan fingerprint density at radius 2 is 2.19 bits per heavy atom. The third-order valence-corrected chi connectivity index (χ3v) is 3.01. The summed E-state index contributed by atoms with van der Waals surface area (Å²) in [6, 6.07) is 7.50. The maximum absolute atomic E-state index is 11.7. The van der Waals surface area contributed by atoms with Gasteiger partial charge in [-0.15, -0.1) is 0 Å². The van der Waals surface area contributed by atoms with Gasteiger partial charge in [-0.2, -0.15) is 0 Å². The molecule has 1 unspecified atom stereocenters. The highest BCUT2D eigenvalue weighted by Crippen LogP contribution is 2.09.